The maximum Gasteiger partial charge on any atom is 0.223 e. The van der Waals surface area contributed by atoms with Crippen molar-refractivity contribution in [3.05, 3.63) is 23.8 Å². The van der Waals surface area contributed by atoms with Crippen LogP contribution in [0.15, 0.2) is 18.2 Å². The molecule has 0 aromatic heterocycles. The summed E-state index contributed by atoms with van der Waals surface area (Å²) >= 11 is 0. The summed E-state index contributed by atoms with van der Waals surface area (Å²) in [5.41, 5.74) is 0.844. The first-order valence-corrected chi connectivity index (χ1v) is 6.71. The monoisotopic (exact) mass is 278 g/mol. The second-order valence-corrected chi connectivity index (χ2v) is 5.71. The van der Waals surface area contributed by atoms with Crippen LogP contribution in [0, 0.1) is 0 Å². The minimum atomic E-state index is -0.188. The molecule has 0 aliphatic carbocycles. The molecular formula is C15H22N2O3. The predicted molar refractivity (Wildman–Crippen MR) is 77.0 cm³/mol. The molecule has 1 atom stereocenters. The highest BCUT2D eigenvalue weighted by atomic mass is 16.5. The summed E-state index contributed by atoms with van der Waals surface area (Å²) in [5, 5.41) is 6.40. The van der Waals surface area contributed by atoms with Gasteiger partial charge in [-0.2, -0.15) is 0 Å². The number of rotatable bonds is 4. The van der Waals surface area contributed by atoms with E-state index in [9.17, 15) is 4.79 Å². The molecule has 0 bridgehead atoms. The maximum absolute atomic E-state index is 11.7. The minimum Gasteiger partial charge on any atom is -0.497 e. The van der Waals surface area contributed by atoms with E-state index in [1.807, 2.05) is 32.0 Å². The smallest absolute Gasteiger partial charge is 0.223 e. The largest absolute Gasteiger partial charge is 0.497 e. The first-order chi connectivity index (χ1) is 9.43. The van der Waals surface area contributed by atoms with Crippen LogP contribution in [0.25, 0.3) is 0 Å². The van der Waals surface area contributed by atoms with Crippen LogP contribution < -0.4 is 20.1 Å². The Bertz CT molecular complexity index is 500. The number of hydrogen-bond acceptors (Lipinski definition) is 4. The zero-order valence-corrected chi connectivity index (χ0v) is 12.4. The van der Waals surface area contributed by atoms with Gasteiger partial charge in [-0.1, -0.05) is 6.07 Å². The fourth-order valence-corrected chi connectivity index (χ4v) is 2.55. The van der Waals surface area contributed by atoms with Crippen molar-refractivity contribution in [2.24, 2.45) is 0 Å². The van der Waals surface area contributed by atoms with Gasteiger partial charge >= 0.3 is 0 Å². The second-order valence-electron chi connectivity index (χ2n) is 5.71. The highest BCUT2D eigenvalue weighted by Crippen LogP contribution is 2.26. The standard InChI is InChI=1S/C15H22N2O3/c1-15(2)9-14(18)16-13(17-15)7-10-5-6-11(19-3)8-12(10)20-4/h5-6,8,13,17H,7,9H2,1-4H3,(H,16,18). The van der Waals surface area contributed by atoms with Crippen LogP contribution >= 0.6 is 0 Å². The van der Waals surface area contributed by atoms with E-state index in [2.05, 4.69) is 10.6 Å². The Morgan fingerprint density at radius 3 is 2.65 bits per heavy atom. The van der Waals surface area contributed by atoms with Crippen molar-refractivity contribution in [3.63, 3.8) is 0 Å². The Hall–Kier alpha value is -1.75. The molecule has 1 saturated heterocycles. The van der Waals surface area contributed by atoms with Gasteiger partial charge < -0.3 is 14.8 Å². The third-order valence-electron chi connectivity index (χ3n) is 3.42. The van der Waals surface area contributed by atoms with E-state index in [4.69, 9.17) is 9.47 Å². The quantitative estimate of drug-likeness (QED) is 0.875. The van der Waals surface area contributed by atoms with Crippen LogP contribution in [-0.4, -0.2) is 31.8 Å². The molecule has 2 rings (SSSR count). The fraction of sp³-hybridized carbons (Fsp3) is 0.533. The molecule has 1 aromatic rings. The van der Waals surface area contributed by atoms with Crippen molar-refractivity contribution in [2.45, 2.75) is 38.4 Å². The summed E-state index contributed by atoms with van der Waals surface area (Å²) in [5.74, 6) is 1.60. The number of nitrogens with one attached hydrogen (secondary N) is 2. The number of carbonyl (C=O) groups excluding carboxylic acids is 1. The van der Waals surface area contributed by atoms with Crippen LogP contribution in [0.1, 0.15) is 25.8 Å². The molecule has 2 N–H and O–H groups in total. The molecule has 0 spiro atoms. The third kappa shape index (κ3) is 3.42. The van der Waals surface area contributed by atoms with Gasteiger partial charge in [0, 0.05) is 24.4 Å². The van der Waals surface area contributed by atoms with Gasteiger partial charge in [0.2, 0.25) is 5.91 Å². The number of ether oxygens (including phenoxy) is 2. The lowest BCUT2D eigenvalue weighted by Gasteiger charge is -2.37. The molecule has 1 aliphatic rings. The summed E-state index contributed by atoms with van der Waals surface area (Å²) in [4.78, 5) is 11.7. The minimum absolute atomic E-state index is 0.0752. The van der Waals surface area contributed by atoms with E-state index in [0.717, 1.165) is 17.1 Å². The van der Waals surface area contributed by atoms with Crippen LogP contribution in [0.3, 0.4) is 0 Å². The normalized spacial score (nSPS) is 21.2. The van der Waals surface area contributed by atoms with Crippen molar-refractivity contribution in [3.8, 4) is 11.5 Å². The molecule has 1 fully saturated rings. The Balaban J connectivity index is 2.15. The number of hydrogen-bond donors (Lipinski definition) is 2. The van der Waals surface area contributed by atoms with Gasteiger partial charge in [-0.15, -0.1) is 0 Å². The van der Waals surface area contributed by atoms with Gasteiger partial charge in [-0.25, -0.2) is 0 Å². The van der Waals surface area contributed by atoms with Crippen LogP contribution in [0.4, 0.5) is 0 Å². The van der Waals surface area contributed by atoms with Gasteiger partial charge in [0.25, 0.3) is 0 Å². The van der Waals surface area contributed by atoms with E-state index in [0.29, 0.717) is 12.8 Å². The fourth-order valence-electron chi connectivity index (χ4n) is 2.55. The lowest BCUT2D eigenvalue weighted by molar-refractivity contribution is -0.125. The zero-order valence-electron chi connectivity index (χ0n) is 12.4. The van der Waals surface area contributed by atoms with Crippen LogP contribution in [0.5, 0.6) is 11.5 Å². The SMILES string of the molecule is COc1ccc(CC2NC(=O)CC(C)(C)N2)c(OC)c1. The molecule has 0 saturated carbocycles. The Morgan fingerprint density at radius 2 is 2.05 bits per heavy atom. The van der Waals surface area contributed by atoms with E-state index in [-0.39, 0.29) is 17.6 Å². The molecule has 5 heteroatoms. The first kappa shape index (κ1) is 14.7. The third-order valence-corrected chi connectivity index (χ3v) is 3.42. The molecule has 20 heavy (non-hydrogen) atoms. The predicted octanol–water partition coefficient (Wildman–Crippen LogP) is 1.46. The topological polar surface area (TPSA) is 59.6 Å². The summed E-state index contributed by atoms with van der Waals surface area (Å²) in [6.45, 7) is 4.06. The van der Waals surface area contributed by atoms with Crippen molar-refractivity contribution in [1.82, 2.24) is 10.6 Å². The first-order valence-electron chi connectivity index (χ1n) is 6.71. The van der Waals surface area contributed by atoms with Gasteiger partial charge in [-0.05, 0) is 25.5 Å². The molecule has 1 unspecified atom stereocenters. The van der Waals surface area contributed by atoms with E-state index >= 15 is 0 Å². The van der Waals surface area contributed by atoms with Crippen molar-refractivity contribution < 1.29 is 14.3 Å². The summed E-state index contributed by atoms with van der Waals surface area (Å²) in [6, 6.07) is 5.71. The molecule has 1 aliphatic heterocycles. The number of methoxy groups -OCH3 is 2. The molecular weight excluding hydrogens is 256 g/mol. The van der Waals surface area contributed by atoms with Gasteiger partial charge in [-0.3, -0.25) is 10.1 Å². The van der Waals surface area contributed by atoms with Crippen molar-refractivity contribution in [1.29, 1.82) is 0 Å². The molecule has 110 valence electrons. The van der Waals surface area contributed by atoms with E-state index < -0.39 is 0 Å². The Labute approximate surface area is 119 Å². The Morgan fingerprint density at radius 1 is 1.30 bits per heavy atom. The summed E-state index contributed by atoms with van der Waals surface area (Å²) < 4.78 is 10.6. The van der Waals surface area contributed by atoms with E-state index in [1.54, 1.807) is 14.2 Å². The Kier molecular flexibility index (Phi) is 4.18. The lowest BCUT2D eigenvalue weighted by Crippen LogP contribution is -2.61. The van der Waals surface area contributed by atoms with Gasteiger partial charge in [0.05, 0.1) is 20.4 Å². The van der Waals surface area contributed by atoms with Crippen molar-refractivity contribution in [2.75, 3.05) is 14.2 Å². The van der Waals surface area contributed by atoms with Gasteiger partial charge in [0.15, 0.2) is 0 Å². The van der Waals surface area contributed by atoms with Gasteiger partial charge in [0.1, 0.15) is 11.5 Å². The zero-order chi connectivity index (χ0) is 14.8. The maximum atomic E-state index is 11.7. The second kappa shape index (κ2) is 5.71. The molecule has 1 amide bonds. The highest BCUT2D eigenvalue weighted by Gasteiger charge is 2.31. The molecule has 0 radical (unpaired) electrons. The van der Waals surface area contributed by atoms with Crippen molar-refractivity contribution >= 4 is 5.91 Å². The lowest BCUT2D eigenvalue weighted by atomic mass is 9.95. The summed E-state index contributed by atoms with van der Waals surface area (Å²) in [7, 11) is 3.26. The number of benzene rings is 1. The number of amides is 1. The van der Waals surface area contributed by atoms with Crippen LogP contribution in [0.2, 0.25) is 0 Å². The molecule has 5 nitrogen and oxygen atoms in total. The van der Waals surface area contributed by atoms with E-state index in [1.165, 1.54) is 0 Å². The summed E-state index contributed by atoms with van der Waals surface area (Å²) in [6.07, 6.45) is 1.07. The van der Waals surface area contributed by atoms with Crippen LogP contribution in [-0.2, 0) is 11.2 Å². The number of carbonyl (C=O) groups is 1. The molecule has 1 heterocycles. The highest BCUT2D eigenvalue weighted by molar-refractivity contribution is 5.78. The molecule has 1 aromatic carbocycles. The average Bonchev–Trinajstić information content (AvgIpc) is 2.36. The average molecular weight is 278 g/mol.